The van der Waals surface area contributed by atoms with Crippen molar-refractivity contribution < 1.29 is 4.79 Å². The van der Waals surface area contributed by atoms with Gasteiger partial charge in [-0.05, 0) is 6.42 Å². The molecule has 0 heterocycles. The fourth-order valence-electron chi connectivity index (χ4n) is 0.757. The lowest BCUT2D eigenvalue weighted by Crippen LogP contribution is -2.32. The minimum Gasteiger partial charge on any atom is -0.331 e. The Kier molecular flexibility index (Phi) is 5.96. The molecule has 0 aromatic heterocycles. The highest BCUT2D eigenvalue weighted by Gasteiger charge is 2.08. The van der Waals surface area contributed by atoms with Gasteiger partial charge in [0.1, 0.15) is 0 Å². The SMILES string of the molecule is C#CCN(CCC)C(=O)CBr. The molecule has 0 fully saturated rings. The first kappa shape index (κ1) is 10.5. The summed E-state index contributed by atoms with van der Waals surface area (Å²) in [5.74, 6) is 2.51. The number of halogens is 1. The molecule has 0 radical (unpaired) electrons. The average Bonchev–Trinajstić information content (AvgIpc) is 2.03. The van der Waals surface area contributed by atoms with E-state index in [1.165, 1.54) is 0 Å². The van der Waals surface area contributed by atoms with Crippen LogP contribution in [0.1, 0.15) is 13.3 Å². The second-order valence-corrected chi connectivity index (χ2v) is 2.71. The Balaban J connectivity index is 3.89. The maximum atomic E-state index is 11.1. The average molecular weight is 218 g/mol. The molecule has 0 atom stereocenters. The highest BCUT2D eigenvalue weighted by molar-refractivity contribution is 9.09. The van der Waals surface area contributed by atoms with Crippen molar-refractivity contribution in [2.75, 3.05) is 18.4 Å². The molecule has 3 heteroatoms. The Labute approximate surface area is 76.1 Å². The van der Waals surface area contributed by atoms with Gasteiger partial charge in [-0.2, -0.15) is 0 Å². The third-order valence-corrected chi connectivity index (χ3v) is 1.72. The number of nitrogens with zero attached hydrogens (tertiary/aromatic N) is 1. The zero-order valence-corrected chi connectivity index (χ0v) is 8.23. The summed E-state index contributed by atoms with van der Waals surface area (Å²) in [5.41, 5.74) is 0. The first-order valence-corrected chi connectivity index (χ1v) is 4.65. The number of carbonyl (C=O) groups excluding carboxylic acids is 1. The number of terminal acetylenes is 1. The summed E-state index contributed by atoms with van der Waals surface area (Å²) in [5, 5.41) is 0.356. The molecule has 2 nitrogen and oxygen atoms in total. The molecule has 0 saturated carbocycles. The van der Waals surface area contributed by atoms with Crippen molar-refractivity contribution in [2.24, 2.45) is 0 Å². The Bertz CT molecular complexity index is 162. The molecule has 0 saturated heterocycles. The van der Waals surface area contributed by atoms with Gasteiger partial charge in [-0.25, -0.2) is 0 Å². The Morgan fingerprint density at radius 3 is 2.73 bits per heavy atom. The van der Waals surface area contributed by atoms with E-state index in [1.807, 2.05) is 6.92 Å². The molecule has 0 aliphatic heterocycles. The first-order chi connectivity index (χ1) is 5.26. The van der Waals surface area contributed by atoms with E-state index in [4.69, 9.17) is 6.42 Å². The largest absolute Gasteiger partial charge is 0.331 e. The van der Waals surface area contributed by atoms with Crippen LogP contribution < -0.4 is 0 Å². The van der Waals surface area contributed by atoms with Crippen LogP contribution in [-0.2, 0) is 4.79 Å². The number of amides is 1. The molecule has 0 N–H and O–H groups in total. The highest BCUT2D eigenvalue weighted by Crippen LogP contribution is 1.94. The van der Waals surface area contributed by atoms with Gasteiger partial charge in [0, 0.05) is 6.54 Å². The Morgan fingerprint density at radius 2 is 2.36 bits per heavy atom. The molecule has 0 rings (SSSR count). The molecule has 11 heavy (non-hydrogen) atoms. The van der Waals surface area contributed by atoms with Crippen LogP contribution in [-0.4, -0.2) is 29.2 Å². The Hall–Kier alpha value is -0.490. The summed E-state index contributed by atoms with van der Waals surface area (Å²) in [4.78, 5) is 12.7. The van der Waals surface area contributed by atoms with Gasteiger partial charge in [0.2, 0.25) is 5.91 Å². The first-order valence-electron chi connectivity index (χ1n) is 3.53. The van der Waals surface area contributed by atoms with Crippen molar-refractivity contribution in [3.63, 3.8) is 0 Å². The predicted octanol–water partition coefficient (Wildman–Crippen LogP) is 1.25. The Morgan fingerprint density at radius 1 is 1.73 bits per heavy atom. The quantitative estimate of drug-likeness (QED) is 0.513. The van der Waals surface area contributed by atoms with E-state index in [0.717, 1.165) is 13.0 Å². The van der Waals surface area contributed by atoms with E-state index in [2.05, 4.69) is 21.9 Å². The molecule has 1 amide bonds. The monoisotopic (exact) mass is 217 g/mol. The van der Waals surface area contributed by atoms with Crippen LogP contribution in [0.3, 0.4) is 0 Å². The van der Waals surface area contributed by atoms with Crippen LogP contribution in [0.4, 0.5) is 0 Å². The molecule has 0 spiro atoms. The van der Waals surface area contributed by atoms with Crippen molar-refractivity contribution in [2.45, 2.75) is 13.3 Å². The summed E-state index contributed by atoms with van der Waals surface area (Å²) in [6.45, 7) is 3.18. The minimum atomic E-state index is 0.0600. The fraction of sp³-hybridized carbons (Fsp3) is 0.625. The van der Waals surface area contributed by atoms with Gasteiger partial charge in [0.05, 0.1) is 11.9 Å². The maximum Gasteiger partial charge on any atom is 0.234 e. The van der Waals surface area contributed by atoms with Crippen molar-refractivity contribution in [3.05, 3.63) is 0 Å². The van der Waals surface area contributed by atoms with E-state index in [0.29, 0.717) is 11.9 Å². The standard InChI is InChI=1S/C8H12BrNO/c1-3-5-10(6-4-2)8(11)7-9/h1H,4-7H2,2H3. The molecule has 62 valence electrons. The van der Waals surface area contributed by atoms with Crippen LogP contribution >= 0.6 is 15.9 Å². The molecule has 0 aromatic rings. The number of hydrogen-bond donors (Lipinski definition) is 0. The van der Waals surface area contributed by atoms with Gasteiger partial charge in [0.15, 0.2) is 0 Å². The van der Waals surface area contributed by atoms with Crippen molar-refractivity contribution in [3.8, 4) is 12.3 Å². The third kappa shape index (κ3) is 4.05. The van der Waals surface area contributed by atoms with E-state index < -0.39 is 0 Å². The summed E-state index contributed by atoms with van der Waals surface area (Å²) in [6, 6.07) is 0. The van der Waals surface area contributed by atoms with Crippen molar-refractivity contribution >= 4 is 21.8 Å². The summed E-state index contributed by atoms with van der Waals surface area (Å²) < 4.78 is 0. The second kappa shape index (κ2) is 6.23. The fourth-order valence-corrected chi connectivity index (χ4v) is 1.11. The van der Waals surface area contributed by atoms with Gasteiger partial charge in [0.25, 0.3) is 0 Å². The molecule has 0 unspecified atom stereocenters. The topological polar surface area (TPSA) is 20.3 Å². The number of hydrogen-bond acceptors (Lipinski definition) is 1. The number of alkyl halides is 1. The van der Waals surface area contributed by atoms with Crippen molar-refractivity contribution in [1.82, 2.24) is 4.90 Å². The second-order valence-electron chi connectivity index (χ2n) is 2.15. The van der Waals surface area contributed by atoms with E-state index in [1.54, 1.807) is 4.90 Å². The number of carbonyl (C=O) groups is 1. The highest BCUT2D eigenvalue weighted by atomic mass is 79.9. The van der Waals surface area contributed by atoms with Gasteiger partial charge in [-0.3, -0.25) is 4.79 Å². The van der Waals surface area contributed by atoms with Gasteiger partial charge < -0.3 is 4.90 Å². The van der Waals surface area contributed by atoms with Crippen LogP contribution in [0, 0.1) is 12.3 Å². The summed E-state index contributed by atoms with van der Waals surface area (Å²) in [6.07, 6.45) is 6.04. The van der Waals surface area contributed by atoms with E-state index >= 15 is 0 Å². The molecule has 0 aliphatic carbocycles. The normalized spacial score (nSPS) is 8.82. The number of rotatable bonds is 4. The molecule has 0 aliphatic rings. The third-order valence-electron chi connectivity index (χ3n) is 1.24. The predicted molar refractivity (Wildman–Crippen MR) is 49.5 cm³/mol. The van der Waals surface area contributed by atoms with Gasteiger partial charge in [-0.1, -0.05) is 28.8 Å². The maximum absolute atomic E-state index is 11.1. The van der Waals surface area contributed by atoms with Crippen LogP contribution in [0.2, 0.25) is 0 Å². The molecule has 0 aromatic carbocycles. The van der Waals surface area contributed by atoms with E-state index in [-0.39, 0.29) is 5.91 Å². The lowest BCUT2D eigenvalue weighted by Gasteiger charge is -2.17. The van der Waals surface area contributed by atoms with Crippen LogP contribution in [0.5, 0.6) is 0 Å². The zero-order chi connectivity index (χ0) is 8.69. The summed E-state index contributed by atoms with van der Waals surface area (Å²) >= 11 is 3.10. The minimum absolute atomic E-state index is 0.0600. The van der Waals surface area contributed by atoms with E-state index in [9.17, 15) is 4.79 Å². The lowest BCUT2D eigenvalue weighted by molar-refractivity contribution is -0.127. The molecule has 0 bridgehead atoms. The smallest absolute Gasteiger partial charge is 0.234 e. The van der Waals surface area contributed by atoms with Crippen molar-refractivity contribution in [1.29, 1.82) is 0 Å². The van der Waals surface area contributed by atoms with Gasteiger partial charge >= 0.3 is 0 Å². The summed E-state index contributed by atoms with van der Waals surface area (Å²) in [7, 11) is 0. The molecular weight excluding hydrogens is 206 g/mol. The van der Waals surface area contributed by atoms with Crippen LogP contribution in [0.15, 0.2) is 0 Å². The lowest BCUT2D eigenvalue weighted by atomic mass is 10.4. The van der Waals surface area contributed by atoms with Crippen LogP contribution in [0.25, 0.3) is 0 Å². The van der Waals surface area contributed by atoms with Gasteiger partial charge in [-0.15, -0.1) is 6.42 Å². The molecular formula is C8H12BrNO. The zero-order valence-electron chi connectivity index (χ0n) is 6.64.